The number of imidazole rings is 1. The maximum Gasteiger partial charge on any atom is 0.125 e. The quantitative estimate of drug-likeness (QED) is 0.123. The first-order valence-corrected chi connectivity index (χ1v) is 14.1. The molecule has 9 rings (SSSR count). The van der Waals surface area contributed by atoms with Crippen LogP contribution in [0, 0.1) is 44.0 Å². The van der Waals surface area contributed by atoms with Crippen LogP contribution < -0.4 is 0 Å². The summed E-state index contributed by atoms with van der Waals surface area (Å²) in [5, 5.41) is 14.4. The number of nitrogens with zero attached hydrogens (tertiary/aromatic N) is 4. The molecule has 4 heterocycles. The van der Waals surface area contributed by atoms with Crippen molar-refractivity contribution in [2.24, 2.45) is 0 Å². The number of hydrogen-bond donors (Lipinski definition) is 0. The van der Waals surface area contributed by atoms with Crippen LogP contribution in [0.2, 0.25) is 0 Å². The predicted octanol–water partition coefficient (Wildman–Crippen LogP) is 9.84. The van der Waals surface area contributed by atoms with Crippen molar-refractivity contribution in [3.05, 3.63) is 138 Å². The number of aromatic nitrogens is 3. The SMILES string of the molecule is N#Cc1ccc2c(c1)oc1[c-]c3c(cc12)c1ccccc1n1c2ccccc2nc31.[2H]C([2H])([2H])c1c[c-]c(-c2cc(C([2H])([2H])[2H])c(C([2H])([2H])[2H])cn2)cc1.[Ir]. The maximum atomic E-state index is 9.22. The molecule has 0 atom stereocenters. The minimum absolute atomic E-state index is 0. The monoisotopic (exact) mass is 780 g/mol. The second kappa shape index (κ2) is 11.5. The molecule has 0 spiro atoms. The largest absolute Gasteiger partial charge is 0.476 e. The molecular formula is C40H26IrN4O-2. The Kier molecular flexibility index (Phi) is 5.18. The Morgan fingerprint density at radius 2 is 1.67 bits per heavy atom. The number of furan rings is 1. The average molecular weight is 780 g/mol. The smallest absolute Gasteiger partial charge is 0.125 e. The number of fused-ring (bicyclic) bond motifs is 11. The van der Waals surface area contributed by atoms with E-state index in [1.807, 2.05) is 30.3 Å². The summed E-state index contributed by atoms with van der Waals surface area (Å²) in [6.07, 6.45) is 1.02. The van der Waals surface area contributed by atoms with Gasteiger partial charge in [-0.2, -0.15) is 5.26 Å². The molecule has 0 aliphatic heterocycles. The van der Waals surface area contributed by atoms with Crippen molar-refractivity contribution in [3.63, 3.8) is 0 Å². The van der Waals surface area contributed by atoms with Gasteiger partial charge in [0.2, 0.25) is 0 Å². The summed E-state index contributed by atoms with van der Waals surface area (Å²) in [7, 11) is 0. The molecule has 5 aromatic carbocycles. The van der Waals surface area contributed by atoms with Gasteiger partial charge in [0, 0.05) is 44.2 Å². The Bertz CT molecular complexity index is 2980. The summed E-state index contributed by atoms with van der Waals surface area (Å²) in [6, 6.07) is 38.0. The van der Waals surface area contributed by atoms with Crippen LogP contribution in [0.15, 0.2) is 108 Å². The van der Waals surface area contributed by atoms with Crippen LogP contribution in [0.1, 0.15) is 34.6 Å². The topological polar surface area (TPSA) is 67.1 Å². The van der Waals surface area contributed by atoms with Gasteiger partial charge in [-0.25, -0.2) is 0 Å². The van der Waals surface area contributed by atoms with Gasteiger partial charge in [-0.1, -0.05) is 77.1 Å². The van der Waals surface area contributed by atoms with Crippen molar-refractivity contribution in [1.82, 2.24) is 14.4 Å². The molecule has 0 fully saturated rings. The van der Waals surface area contributed by atoms with E-state index >= 15 is 0 Å². The summed E-state index contributed by atoms with van der Waals surface area (Å²) in [4.78, 5) is 8.93. The number of nitriles is 1. The van der Waals surface area contributed by atoms with E-state index in [2.05, 4.69) is 64.0 Å². The molecule has 0 amide bonds. The molecule has 0 bridgehead atoms. The van der Waals surface area contributed by atoms with Crippen LogP contribution in [-0.2, 0) is 20.1 Å². The maximum absolute atomic E-state index is 9.22. The zero-order valence-corrected chi connectivity index (χ0v) is 26.2. The number of hydrogen-bond acceptors (Lipinski definition) is 4. The molecule has 1 radical (unpaired) electrons. The van der Waals surface area contributed by atoms with Gasteiger partial charge in [0.05, 0.1) is 33.9 Å². The molecule has 46 heavy (non-hydrogen) atoms. The molecule has 6 heteroatoms. The minimum atomic E-state index is -2.61. The van der Waals surface area contributed by atoms with Crippen LogP contribution in [0.25, 0.3) is 71.6 Å². The number of benzene rings is 5. The zero-order chi connectivity index (χ0) is 38.2. The van der Waals surface area contributed by atoms with Crippen molar-refractivity contribution in [1.29, 1.82) is 5.26 Å². The molecule has 4 aromatic heterocycles. The Morgan fingerprint density at radius 1 is 0.826 bits per heavy atom. The van der Waals surface area contributed by atoms with E-state index in [9.17, 15) is 5.26 Å². The fraction of sp³-hybridized carbons (Fsp3) is 0.0750. The first kappa shape index (κ1) is 20.6. The van der Waals surface area contributed by atoms with Gasteiger partial charge < -0.3 is 13.8 Å². The van der Waals surface area contributed by atoms with E-state index in [0.29, 0.717) is 22.3 Å². The Labute approximate surface area is 291 Å². The number of aryl methyl sites for hydroxylation is 3. The molecule has 0 saturated heterocycles. The van der Waals surface area contributed by atoms with E-state index < -0.39 is 20.6 Å². The Morgan fingerprint density at radius 3 is 2.48 bits per heavy atom. The predicted molar refractivity (Wildman–Crippen MR) is 181 cm³/mol. The third kappa shape index (κ3) is 4.82. The van der Waals surface area contributed by atoms with Crippen LogP contribution in [0.4, 0.5) is 0 Å². The number of para-hydroxylation sites is 3. The summed E-state index contributed by atoms with van der Waals surface area (Å²) in [5.74, 6) is 0. The number of pyridine rings is 2. The zero-order valence-electron chi connectivity index (χ0n) is 32.8. The normalized spacial score (nSPS) is 14.9. The Balaban J connectivity index is 0.000000171. The molecule has 223 valence electrons. The second-order valence-electron chi connectivity index (χ2n) is 10.6. The molecular weight excluding hydrogens is 745 g/mol. The second-order valence-corrected chi connectivity index (χ2v) is 10.6. The van der Waals surface area contributed by atoms with E-state index in [1.54, 1.807) is 6.07 Å². The van der Waals surface area contributed by atoms with Gasteiger partial charge in [-0.15, -0.1) is 41.5 Å². The molecule has 0 aliphatic carbocycles. The molecule has 5 nitrogen and oxygen atoms in total. The van der Waals surface area contributed by atoms with Gasteiger partial charge in [0.15, 0.2) is 0 Å². The first-order chi connectivity index (χ1) is 25.6. The van der Waals surface area contributed by atoms with Gasteiger partial charge in [0.25, 0.3) is 0 Å². The molecule has 0 unspecified atom stereocenters. The summed E-state index contributed by atoms with van der Waals surface area (Å²) in [5.41, 5.74) is 6.02. The van der Waals surface area contributed by atoms with Gasteiger partial charge in [-0.3, -0.25) is 4.98 Å². The molecule has 0 aliphatic rings. The van der Waals surface area contributed by atoms with E-state index in [0.717, 1.165) is 55.3 Å². The third-order valence-corrected chi connectivity index (χ3v) is 7.87. The van der Waals surface area contributed by atoms with Crippen LogP contribution in [0.3, 0.4) is 0 Å². The van der Waals surface area contributed by atoms with E-state index in [4.69, 9.17) is 21.7 Å². The van der Waals surface area contributed by atoms with E-state index in [-0.39, 0.29) is 42.5 Å². The fourth-order valence-corrected chi connectivity index (χ4v) is 5.73. The summed E-state index contributed by atoms with van der Waals surface area (Å²) < 4.78 is 75.2. The van der Waals surface area contributed by atoms with Crippen molar-refractivity contribution >= 4 is 60.3 Å². The fourth-order valence-electron chi connectivity index (χ4n) is 5.73. The van der Waals surface area contributed by atoms with Crippen molar-refractivity contribution < 1.29 is 36.9 Å². The average Bonchev–Trinajstić information content (AvgIpc) is 3.71. The Hall–Kier alpha value is -5.34. The number of rotatable bonds is 1. The van der Waals surface area contributed by atoms with Crippen molar-refractivity contribution in [3.8, 4) is 17.3 Å². The standard InChI is InChI=1S/C26H12N3O.C14H14N.Ir/c27-14-15-9-10-17-19-12-18-16-5-1-3-7-22(16)29-23-8-4-2-6-21(23)28-26(29)20(18)13-25(19)30-24(17)11-15;1-10-4-6-13(7-5-10)14-8-11(2)12(3)9-15-14;/h1-12H;4-6,8-9H,1-3H3;/q2*-1;/i;1D3,2D3,3D3;. The molecule has 0 saturated carbocycles. The molecule has 9 aromatic rings. The summed E-state index contributed by atoms with van der Waals surface area (Å²) >= 11 is 0. The van der Waals surface area contributed by atoms with Crippen molar-refractivity contribution in [2.45, 2.75) is 20.6 Å². The van der Waals surface area contributed by atoms with Crippen molar-refractivity contribution in [2.75, 3.05) is 0 Å². The van der Waals surface area contributed by atoms with Crippen LogP contribution >= 0.6 is 0 Å². The van der Waals surface area contributed by atoms with Crippen LogP contribution in [-0.4, -0.2) is 14.4 Å². The van der Waals surface area contributed by atoms with E-state index in [1.165, 1.54) is 24.3 Å². The third-order valence-electron chi connectivity index (χ3n) is 7.87. The van der Waals surface area contributed by atoms with Gasteiger partial charge in [-0.05, 0) is 66.1 Å². The molecule has 0 N–H and O–H groups in total. The minimum Gasteiger partial charge on any atom is -0.476 e. The summed E-state index contributed by atoms with van der Waals surface area (Å²) in [6.45, 7) is -7.47. The van der Waals surface area contributed by atoms with Crippen LogP contribution in [0.5, 0.6) is 0 Å². The van der Waals surface area contributed by atoms with Gasteiger partial charge in [0.1, 0.15) is 5.58 Å². The first-order valence-electron chi connectivity index (χ1n) is 18.6. The van der Waals surface area contributed by atoms with Gasteiger partial charge >= 0.3 is 0 Å².